The van der Waals surface area contributed by atoms with Gasteiger partial charge in [0.25, 0.3) is 6.29 Å². The molecule has 0 spiro atoms. The van der Waals surface area contributed by atoms with Gasteiger partial charge in [-0.15, -0.1) is 0 Å². The normalized spacial score (nSPS) is 13.1. The second-order valence-corrected chi connectivity index (χ2v) is 18.1. The number of likely N-dealkylation sites (N-methyl/N-ethyl adjacent to an activating group) is 1. The highest BCUT2D eigenvalue weighted by Crippen LogP contribution is 2.15. The first-order valence-corrected chi connectivity index (χ1v) is 25.2. The van der Waals surface area contributed by atoms with Crippen LogP contribution in [0.25, 0.3) is 0 Å². The quantitative estimate of drug-likeness (QED) is 0.0212. The van der Waals surface area contributed by atoms with Crippen LogP contribution in [0.4, 0.5) is 0 Å². The summed E-state index contributed by atoms with van der Waals surface area (Å²) in [6.07, 6.45) is 47.8. The zero-order chi connectivity index (χ0) is 44.9. The molecule has 0 heterocycles. The first-order chi connectivity index (χ1) is 29.6. The number of hydrogen-bond acceptors (Lipinski definition) is 7. The molecule has 61 heavy (non-hydrogen) atoms. The summed E-state index contributed by atoms with van der Waals surface area (Å²) in [6, 6.07) is 0. The summed E-state index contributed by atoms with van der Waals surface area (Å²) in [5, 5.41) is 9.65. The molecule has 1 N–H and O–H groups in total. The Hall–Kier alpha value is -2.49. The molecule has 0 aliphatic carbocycles. The first-order valence-electron chi connectivity index (χ1n) is 25.2. The van der Waals surface area contributed by atoms with E-state index in [1.54, 1.807) is 0 Å². The predicted molar refractivity (Wildman–Crippen MR) is 254 cm³/mol. The Morgan fingerprint density at radius 3 is 1.33 bits per heavy atom. The van der Waals surface area contributed by atoms with E-state index >= 15 is 0 Å². The van der Waals surface area contributed by atoms with E-state index in [0.29, 0.717) is 17.4 Å². The van der Waals surface area contributed by atoms with Crippen molar-refractivity contribution in [2.75, 3.05) is 47.5 Å². The summed E-state index contributed by atoms with van der Waals surface area (Å²) in [4.78, 5) is 37.2. The van der Waals surface area contributed by atoms with Crippen LogP contribution >= 0.6 is 0 Å². The smallest absolute Gasteiger partial charge is 0.361 e. The number of allylic oxidation sites excluding steroid dienone is 6. The number of carboxylic acid groups (broad SMARTS) is 1. The molecular weight excluding hydrogens is 767 g/mol. The summed E-state index contributed by atoms with van der Waals surface area (Å²) in [6.45, 7) is 4.84. The molecule has 0 saturated carbocycles. The van der Waals surface area contributed by atoms with Gasteiger partial charge in [-0.05, 0) is 70.6 Å². The van der Waals surface area contributed by atoms with E-state index in [4.69, 9.17) is 18.9 Å². The number of carbonyl (C=O) groups excluding carboxylic acids is 2. The van der Waals surface area contributed by atoms with Crippen LogP contribution in [-0.2, 0) is 33.3 Å². The maximum Gasteiger partial charge on any atom is 0.361 e. The third-order valence-corrected chi connectivity index (χ3v) is 10.9. The van der Waals surface area contributed by atoms with Crippen LogP contribution < -0.4 is 0 Å². The minimum atomic E-state index is -1.51. The lowest BCUT2D eigenvalue weighted by Crippen LogP contribution is -2.40. The van der Waals surface area contributed by atoms with Crippen LogP contribution in [-0.4, -0.2) is 87.4 Å². The van der Waals surface area contributed by atoms with Crippen LogP contribution in [0.15, 0.2) is 36.5 Å². The number of quaternary nitrogens is 1. The highest BCUT2D eigenvalue weighted by Gasteiger charge is 2.25. The van der Waals surface area contributed by atoms with Crippen LogP contribution in [0.2, 0.25) is 0 Å². The molecule has 356 valence electrons. The molecule has 0 aromatic carbocycles. The second-order valence-electron chi connectivity index (χ2n) is 18.1. The lowest BCUT2D eigenvalue weighted by atomic mass is 10.0. The van der Waals surface area contributed by atoms with Gasteiger partial charge in [-0.25, -0.2) is 4.79 Å². The van der Waals surface area contributed by atoms with Crippen molar-refractivity contribution in [3.05, 3.63) is 36.5 Å². The molecule has 9 heteroatoms. The molecular formula is C52H96NO8+. The minimum absolute atomic E-state index is 0.186. The van der Waals surface area contributed by atoms with Gasteiger partial charge in [0.2, 0.25) is 0 Å². The number of rotatable bonds is 46. The van der Waals surface area contributed by atoms with Crippen LogP contribution in [0, 0.1) is 0 Å². The third kappa shape index (κ3) is 45.4. The van der Waals surface area contributed by atoms with Crippen molar-refractivity contribution in [3.63, 3.8) is 0 Å². The van der Waals surface area contributed by atoms with Crippen LogP contribution in [0.3, 0.4) is 0 Å². The van der Waals surface area contributed by atoms with Crippen molar-refractivity contribution < 1.29 is 42.9 Å². The number of nitrogens with zero attached hydrogens (tertiary/aromatic N) is 1. The number of esters is 2. The highest BCUT2D eigenvalue weighted by atomic mass is 16.7. The van der Waals surface area contributed by atoms with Gasteiger partial charge in [-0.2, -0.15) is 0 Å². The van der Waals surface area contributed by atoms with Gasteiger partial charge in [0.05, 0.1) is 34.4 Å². The molecule has 0 fully saturated rings. The van der Waals surface area contributed by atoms with E-state index in [9.17, 15) is 19.5 Å². The molecule has 0 aliphatic heterocycles. The fourth-order valence-corrected chi connectivity index (χ4v) is 6.92. The Morgan fingerprint density at radius 1 is 0.492 bits per heavy atom. The number of hydrogen-bond donors (Lipinski definition) is 1. The van der Waals surface area contributed by atoms with Gasteiger partial charge in [-0.1, -0.05) is 172 Å². The summed E-state index contributed by atoms with van der Waals surface area (Å²) in [5.41, 5.74) is 0. The second kappa shape index (κ2) is 44.1. The van der Waals surface area contributed by atoms with Crippen molar-refractivity contribution in [2.45, 2.75) is 232 Å². The van der Waals surface area contributed by atoms with Crippen molar-refractivity contribution >= 4 is 17.9 Å². The predicted octanol–water partition coefficient (Wildman–Crippen LogP) is 13.8. The SMILES string of the molecule is CCCCCC/C=C\CCCCCCCC(=O)OCC(COC(OCC[N+](C)(C)C)C(=O)O)OC(=O)CCCCCCCCCCCCC/C=C\C/C=C\CCCCCCC. The van der Waals surface area contributed by atoms with Crippen molar-refractivity contribution in [1.29, 1.82) is 0 Å². The Kier molecular flexibility index (Phi) is 42.3. The summed E-state index contributed by atoms with van der Waals surface area (Å²) >= 11 is 0. The Bertz CT molecular complexity index is 1100. The zero-order valence-electron chi connectivity index (χ0n) is 40.3. The van der Waals surface area contributed by atoms with E-state index in [1.165, 1.54) is 128 Å². The molecule has 2 unspecified atom stereocenters. The van der Waals surface area contributed by atoms with Gasteiger partial charge < -0.3 is 28.5 Å². The van der Waals surface area contributed by atoms with Gasteiger partial charge in [-0.3, -0.25) is 9.59 Å². The van der Waals surface area contributed by atoms with Gasteiger partial charge >= 0.3 is 17.9 Å². The Labute approximate surface area is 375 Å². The van der Waals surface area contributed by atoms with Crippen molar-refractivity contribution in [3.8, 4) is 0 Å². The molecule has 0 bridgehead atoms. The average Bonchev–Trinajstić information content (AvgIpc) is 3.22. The Balaban J connectivity index is 4.31. The maximum atomic E-state index is 12.8. The number of carboxylic acids is 1. The molecule has 0 aliphatic rings. The lowest BCUT2D eigenvalue weighted by Gasteiger charge is -2.25. The zero-order valence-corrected chi connectivity index (χ0v) is 40.3. The molecule has 0 rings (SSSR count). The summed E-state index contributed by atoms with van der Waals surface area (Å²) < 4.78 is 22.8. The average molecular weight is 863 g/mol. The fourth-order valence-electron chi connectivity index (χ4n) is 6.92. The molecule has 2 atom stereocenters. The molecule has 9 nitrogen and oxygen atoms in total. The van der Waals surface area contributed by atoms with Crippen LogP contribution in [0.5, 0.6) is 0 Å². The van der Waals surface area contributed by atoms with E-state index in [2.05, 4.69) is 50.3 Å². The topological polar surface area (TPSA) is 108 Å². The third-order valence-electron chi connectivity index (χ3n) is 10.9. The van der Waals surface area contributed by atoms with E-state index in [0.717, 1.165) is 64.2 Å². The van der Waals surface area contributed by atoms with Crippen LogP contribution in [0.1, 0.15) is 219 Å². The van der Waals surface area contributed by atoms with Gasteiger partial charge in [0.15, 0.2) is 6.10 Å². The highest BCUT2D eigenvalue weighted by molar-refractivity contribution is 5.71. The lowest BCUT2D eigenvalue weighted by molar-refractivity contribution is -0.870. The fraction of sp³-hybridized carbons (Fsp3) is 0.827. The number of carbonyl (C=O) groups is 3. The molecule has 0 aromatic rings. The van der Waals surface area contributed by atoms with E-state index in [-0.39, 0.29) is 32.2 Å². The molecule has 0 aromatic heterocycles. The van der Waals surface area contributed by atoms with Gasteiger partial charge in [0, 0.05) is 12.8 Å². The Morgan fingerprint density at radius 2 is 0.885 bits per heavy atom. The molecule has 0 saturated heterocycles. The number of unbranched alkanes of at least 4 members (excludes halogenated alkanes) is 25. The molecule has 0 radical (unpaired) electrons. The van der Waals surface area contributed by atoms with E-state index in [1.807, 2.05) is 21.1 Å². The monoisotopic (exact) mass is 863 g/mol. The first kappa shape index (κ1) is 58.5. The number of aliphatic carboxylic acids is 1. The summed E-state index contributed by atoms with van der Waals surface area (Å²) in [5.74, 6) is -2.02. The molecule has 0 amide bonds. The largest absolute Gasteiger partial charge is 0.477 e. The number of ether oxygens (including phenoxy) is 4. The standard InChI is InChI=1S/C52H95NO8/c1-6-8-10-12-14-16-18-20-21-22-23-24-25-26-27-28-29-31-33-35-37-39-41-43-50(55)61-48(47-60-52(51(56)57)58-45-44-53(3,4)5)46-59-49(54)42-40-38-36-34-32-30-19-17-15-13-11-9-7-2/h17-20,22-23,48,52H,6-16,21,24-47H2,1-5H3/p+1/b19-17-,20-18-,23-22-. The summed E-state index contributed by atoms with van der Waals surface area (Å²) in [7, 11) is 5.96. The maximum absolute atomic E-state index is 12.8. The van der Waals surface area contributed by atoms with Crippen molar-refractivity contribution in [2.24, 2.45) is 0 Å². The van der Waals surface area contributed by atoms with Crippen molar-refractivity contribution in [1.82, 2.24) is 0 Å². The minimum Gasteiger partial charge on any atom is -0.477 e. The van der Waals surface area contributed by atoms with E-state index < -0.39 is 24.3 Å². The van der Waals surface area contributed by atoms with Gasteiger partial charge in [0.1, 0.15) is 13.2 Å².